The minimum absolute atomic E-state index is 0.0584. The van der Waals surface area contributed by atoms with Crippen LogP contribution in [0.25, 0.3) is 0 Å². The minimum Gasteiger partial charge on any atom is -0.317 e. The fourth-order valence-electron chi connectivity index (χ4n) is 2.98. The van der Waals surface area contributed by atoms with E-state index in [2.05, 4.69) is 5.32 Å². The Labute approximate surface area is 92.1 Å². The fraction of sp³-hybridized carbons (Fsp3) is 1.00. The molecule has 0 atom stereocenters. The molecule has 0 saturated carbocycles. The first-order valence-electron chi connectivity index (χ1n) is 5.73. The largest absolute Gasteiger partial charge is 0.317 e. The van der Waals surface area contributed by atoms with Crippen LogP contribution in [0.2, 0.25) is 0 Å². The Morgan fingerprint density at radius 3 is 2.40 bits per heavy atom. The molecule has 2 fully saturated rings. The van der Waals surface area contributed by atoms with Gasteiger partial charge in [-0.05, 0) is 38.8 Å². The summed E-state index contributed by atoms with van der Waals surface area (Å²) in [5, 5.41) is 3.31. The molecular formula is C10H20N2O2S. The molecule has 5 heteroatoms. The van der Waals surface area contributed by atoms with Gasteiger partial charge in [0.15, 0.2) is 0 Å². The van der Waals surface area contributed by atoms with Crippen LogP contribution >= 0.6 is 0 Å². The van der Waals surface area contributed by atoms with Crippen LogP contribution < -0.4 is 5.32 Å². The predicted octanol–water partition coefficient (Wildman–Crippen LogP) is 0.554. The maximum Gasteiger partial charge on any atom is 0.211 e. The van der Waals surface area contributed by atoms with Gasteiger partial charge in [0.2, 0.25) is 10.0 Å². The molecule has 2 rings (SSSR count). The third-order valence-electron chi connectivity index (χ3n) is 3.72. The minimum atomic E-state index is -3.03. The highest BCUT2D eigenvalue weighted by Crippen LogP contribution is 2.37. The Morgan fingerprint density at radius 1 is 1.13 bits per heavy atom. The number of hydrogen-bond donors (Lipinski definition) is 1. The molecule has 15 heavy (non-hydrogen) atoms. The Morgan fingerprint density at radius 2 is 1.80 bits per heavy atom. The number of hydrogen-bond acceptors (Lipinski definition) is 3. The zero-order valence-corrected chi connectivity index (χ0v) is 10.1. The lowest BCUT2D eigenvalue weighted by atomic mass is 9.81. The lowest BCUT2D eigenvalue weighted by molar-refractivity contribution is 0.0948. The SMILES string of the molecule is CS(=O)(=O)N1CCCCC12CCNCC2. The highest BCUT2D eigenvalue weighted by Gasteiger charge is 2.43. The zero-order valence-electron chi connectivity index (χ0n) is 9.33. The van der Waals surface area contributed by atoms with Crippen molar-refractivity contribution in [1.82, 2.24) is 9.62 Å². The molecule has 0 aromatic heterocycles. The van der Waals surface area contributed by atoms with Gasteiger partial charge in [0.1, 0.15) is 0 Å². The second-order valence-electron chi connectivity index (χ2n) is 4.77. The molecule has 0 aliphatic carbocycles. The first-order valence-corrected chi connectivity index (χ1v) is 7.58. The van der Waals surface area contributed by atoms with E-state index < -0.39 is 10.0 Å². The summed E-state index contributed by atoms with van der Waals surface area (Å²) in [4.78, 5) is 0. The average molecular weight is 232 g/mol. The van der Waals surface area contributed by atoms with E-state index in [0.29, 0.717) is 0 Å². The van der Waals surface area contributed by atoms with Gasteiger partial charge in [0.05, 0.1) is 6.26 Å². The van der Waals surface area contributed by atoms with Gasteiger partial charge in [-0.25, -0.2) is 8.42 Å². The van der Waals surface area contributed by atoms with Crippen molar-refractivity contribution in [3.05, 3.63) is 0 Å². The van der Waals surface area contributed by atoms with Crippen LogP contribution in [0.1, 0.15) is 32.1 Å². The van der Waals surface area contributed by atoms with Crippen molar-refractivity contribution in [1.29, 1.82) is 0 Å². The van der Waals surface area contributed by atoms with Gasteiger partial charge in [-0.3, -0.25) is 0 Å². The maximum absolute atomic E-state index is 11.8. The Bertz CT molecular complexity index is 312. The van der Waals surface area contributed by atoms with Crippen molar-refractivity contribution >= 4 is 10.0 Å². The molecule has 2 heterocycles. The van der Waals surface area contributed by atoms with Crippen molar-refractivity contribution in [2.45, 2.75) is 37.6 Å². The second-order valence-corrected chi connectivity index (χ2v) is 6.67. The monoisotopic (exact) mass is 232 g/mol. The summed E-state index contributed by atoms with van der Waals surface area (Å²) in [6, 6.07) is 0. The first kappa shape index (κ1) is 11.4. The van der Waals surface area contributed by atoms with E-state index in [9.17, 15) is 8.42 Å². The van der Waals surface area contributed by atoms with Crippen LogP contribution in [-0.2, 0) is 10.0 Å². The summed E-state index contributed by atoms with van der Waals surface area (Å²) in [6.07, 6.45) is 6.53. The van der Waals surface area contributed by atoms with E-state index in [0.717, 1.165) is 45.3 Å². The van der Waals surface area contributed by atoms with E-state index in [-0.39, 0.29) is 5.54 Å². The molecule has 1 N–H and O–H groups in total. The summed E-state index contributed by atoms with van der Waals surface area (Å²) in [5.74, 6) is 0. The molecule has 2 saturated heterocycles. The third kappa shape index (κ3) is 2.19. The molecule has 88 valence electrons. The predicted molar refractivity (Wildman–Crippen MR) is 60.2 cm³/mol. The van der Waals surface area contributed by atoms with Crippen molar-refractivity contribution in [3.63, 3.8) is 0 Å². The van der Waals surface area contributed by atoms with Gasteiger partial charge in [0.25, 0.3) is 0 Å². The number of nitrogens with zero attached hydrogens (tertiary/aromatic N) is 1. The molecule has 2 aliphatic heterocycles. The van der Waals surface area contributed by atoms with Gasteiger partial charge in [0, 0.05) is 12.1 Å². The number of nitrogens with one attached hydrogen (secondary N) is 1. The van der Waals surface area contributed by atoms with Crippen LogP contribution in [0.5, 0.6) is 0 Å². The number of piperidine rings is 2. The van der Waals surface area contributed by atoms with Gasteiger partial charge < -0.3 is 5.32 Å². The smallest absolute Gasteiger partial charge is 0.211 e. The second kappa shape index (κ2) is 4.03. The summed E-state index contributed by atoms with van der Waals surface area (Å²) in [7, 11) is -3.03. The van der Waals surface area contributed by atoms with E-state index in [1.54, 1.807) is 4.31 Å². The molecule has 0 radical (unpaired) electrons. The van der Waals surface area contributed by atoms with Crippen LogP contribution in [0.3, 0.4) is 0 Å². The highest BCUT2D eigenvalue weighted by atomic mass is 32.2. The van der Waals surface area contributed by atoms with Gasteiger partial charge in [-0.1, -0.05) is 6.42 Å². The highest BCUT2D eigenvalue weighted by molar-refractivity contribution is 7.88. The molecule has 4 nitrogen and oxygen atoms in total. The Balaban J connectivity index is 2.25. The first-order chi connectivity index (χ1) is 7.05. The van der Waals surface area contributed by atoms with E-state index in [1.165, 1.54) is 12.7 Å². The summed E-state index contributed by atoms with van der Waals surface area (Å²) >= 11 is 0. The van der Waals surface area contributed by atoms with Crippen molar-refractivity contribution in [3.8, 4) is 0 Å². The van der Waals surface area contributed by atoms with Gasteiger partial charge in [-0.15, -0.1) is 0 Å². The Hall–Kier alpha value is -0.130. The van der Waals surface area contributed by atoms with Gasteiger partial charge in [-0.2, -0.15) is 4.31 Å². The van der Waals surface area contributed by atoms with Crippen molar-refractivity contribution < 1.29 is 8.42 Å². The summed E-state index contributed by atoms with van der Waals surface area (Å²) in [5.41, 5.74) is -0.0584. The molecule has 1 spiro atoms. The van der Waals surface area contributed by atoms with Crippen LogP contribution in [0.4, 0.5) is 0 Å². The van der Waals surface area contributed by atoms with E-state index >= 15 is 0 Å². The summed E-state index contributed by atoms with van der Waals surface area (Å²) in [6.45, 7) is 2.62. The van der Waals surface area contributed by atoms with E-state index in [4.69, 9.17) is 0 Å². The third-order valence-corrected chi connectivity index (χ3v) is 5.09. The average Bonchev–Trinajstić information content (AvgIpc) is 2.18. The quantitative estimate of drug-likeness (QED) is 0.718. The fourth-order valence-corrected chi connectivity index (χ4v) is 4.42. The lowest BCUT2D eigenvalue weighted by Gasteiger charge is -2.48. The summed E-state index contributed by atoms with van der Waals surface area (Å²) < 4.78 is 25.3. The van der Waals surface area contributed by atoms with Gasteiger partial charge >= 0.3 is 0 Å². The molecule has 0 aromatic carbocycles. The van der Waals surface area contributed by atoms with Crippen LogP contribution in [0, 0.1) is 0 Å². The van der Waals surface area contributed by atoms with Crippen LogP contribution in [-0.4, -0.2) is 44.2 Å². The number of rotatable bonds is 1. The van der Waals surface area contributed by atoms with Crippen molar-refractivity contribution in [2.75, 3.05) is 25.9 Å². The van der Waals surface area contributed by atoms with Crippen molar-refractivity contribution in [2.24, 2.45) is 0 Å². The molecule has 0 bridgehead atoms. The topological polar surface area (TPSA) is 49.4 Å². The molecule has 0 amide bonds. The molecule has 0 aromatic rings. The molecule has 2 aliphatic rings. The molecular weight excluding hydrogens is 212 g/mol. The molecule has 0 unspecified atom stereocenters. The van der Waals surface area contributed by atoms with E-state index in [1.807, 2.05) is 0 Å². The standard InChI is InChI=1S/C10H20N2O2S/c1-15(13,14)12-9-3-2-4-10(12)5-7-11-8-6-10/h11H,2-9H2,1H3. The maximum atomic E-state index is 11.8. The normalized spacial score (nSPS) is 28.1. The Kier molecular flexibility index (Phi) is 3.05. The lowest BCUT2D eigenvalue weighted by Crippen LogP contribution is -2.58. The zero-order chi connectivity index (χ0) is 10.9. The number of sulfonamides is 1. The van der Waals surface area contributed by atoms with Crippen LogP contribution in [0.15, 0.2) is 0 Å².